The predicted octanol–water partition coefficient (Wildman–Crippen LogP) is -3.91. The molecule has 0 aromatic heterocycles. The molecule has 168 valence electrons. The first-order chi connectivity index (χ1) is 12.3. The lowest BCUT2D eigenvalue weighted by molar-refractivity contribution is -0.270. The predicted molar refractivity (Wildman–Crippen MR) is 77.6 cm³/mol. The van der Waals surface area contributed by atoms with Crippen molar-refractivity contribution in [2.24, 2.45) is 0 Å². The largest absolute Gasteiger partial charge is 0.397 e. The molecule has 5 atom stereocenters. The fourth-order valence-corrected chi connectivity index (χ4v) is 3.74. The molecule has 0 saturated carbocycles. The molecule has 0 aromatic rings. The number of hydrogen-bond acceptors (Lipinski definition) is 14. The van der Waals surface area contributed by atoms with E-state index in [1.165, 1.54) is 0 Å². The molecule has 0 amide bonds. The number of hydrogen-bond donors (Lipinski definition) is 5. The zero-order chi connectivity index (χ0) is 22.1. The summed E-state index contributed by atoms with van der Waals surface area (Å²) >= 11 is 0. The van der Waals surface area contributed by atoms with Gasteiger partial charge in [-0.15, -0.1) is 0 Å². The lowest BCUT2D eigenvalue weighted by Gasteiger charge is -2.41. The van der Waals surface area contributed by atoms with Crippen molar-refractivity contribution in [1.29, 1.82) is 0 Å². The van der Waals surface area contributed by atoms with E-state index in [4.69, 9.17) is 18.2 Å². The Kier molecular flexibility index (Phi) is 7.85. The molecule has 1 heterocycles. The molecule has 5 N–H and O–H groups in total. The van der Waals surface area contributed by atoms with Gasteiger partial charge in [0.15, 0.2) is 12.4 Å². The second-order valence-corrected chi connectivity index (χ2v) is 8.98. The highest BCUT2D eigenvalue weighted by atomic mass is 32.3. The standard InChI is InChI=1S/C6H12O18S4/c7-6-5(24-28(17,18)19)4(23-27(14,15)16)3(22-26(11,12)13)2(21-6)1-20-25(8,9)10/h2-7H,1H2,(H,8,9,10)(H,11,12,13)(H,14,15,16)(H,17,18,19)/t2-,3-,4+,5+,6-/m1/s1. The molecule has 0 aliphatic carbocycles. The van der Waals surface area contributed by atoms with Gasteiger partial charge in [-0.1, -0.05) is 0 Å². The minimum atomic E-state index is -5.58. The van der Waals surface area contributed by atoms with Gasteiger partial charge in [0.2, 0.25) is 0 Å². The Morgan fingerprint density at radius 1 is 0.643 bits per heavy atom. The summed E-state index contributed by atoms with van der Waals surface area (Å²) < 4.78 is 142. The summed E-state index contributed by atoms with van der Waals surface area (Å²) in [5.74, 6) is 0. The molecule has 28 heavy (non-hydrogen) atoms. The van der Waals surface area contributed by atoms with Crippen LogP contribution in [-0.4, -0.2) is 94.3 Å². The van der Waals surface area contributed by atoms with Gasteiger partial charge in [-0.2, -0.15) is 33.7 Å². The average Bonchev–Trinajstić information content (AvgIpc) is 2.39. The van der Waals surface area contributed by atoms with E-state index in [0.717, 1.165) is 0 Å². The van der Waals surface area contributed by atoms with Crippen molar-refractivity contribution in [3.63, 3.8) is 0 Å². The van der Waals surface area contributed by atoms with Crippen LogP contribution >= 0.6 is 0 Å². The topological polar surface area (TPSA) is 284 Å². The van der Waals surface area contributed by atoms with Crippen LogP contribution in [0.25, 0.3) is 0 Å². The second kappa shape index (κ2) is 8.64. The number of rotatable bonds is 9. The van der Waals surface area contributed by atoms with Crippen LogP contribution < -0.4 is 0 Å². The van der Waals surface area contributed by atoms with Gasteiger partial charge in [0.05, 0.1) is 6.61 Å². The van der Waals surface area contributed by atoms with Gasteiger partial charge in [-0.3, -0.25) is 18.2 Å². The van der Waals surface area contributed by atoms with Gasteiger partial charge in [0.1, 0.15) is 18.3 Å². The van der Waals surface area contributed by atoms with E-state index in [0.29, 0.717) is 0 Å². The third-order valence-electron chi connectivity index (χ3n) is 2.69. The maximum absolute atomic E-state index is 11.0. The van der Waals surface area contributed by atoms with Crippen molar-refractivity contribution in [2.75, 3.05) is 6.61 Å². The first kappa shape index (κ1) is 25.4. The molecule has 1 rings (SSSR count). The molecule has 1 aliphatic rings. The quantitative estimate of drug-likeness (QED) is 0.189. The summed E-state index contributed by atoms with van der Waals surface area (Å²) in [5.41, 5.74) is 0. The second-order valence-electron chi connectivity index (χ2n) is 4.74. The smallest absolute Gasteiger partial charge is 0.366 e. The lowest BCUT2D eigenvalue weighted by atomic mass is 9.99. The molecule has 18 nitrogen and oxygen atoms in total. The molecule has 1 saturated heterocycles. The maximum atomic E-state index is 11.0. The molecule has 1 aliphatic heterocycles. The van der Waals surface area contributed by atoms with Gasteiger partial charge < -0.3 is 9.84 Å². The minimum Gasteiger partial charge on any atom is -0.366 e. The van der Waals surface area contributed by atoms with E-state index in [1.807, 2.05) is 0 Å². The molecule has 1 fully saturated rings. The molecule has 22 heteroatoms. The molecular formula is C6H12O18S4. The Balaban J connectivity index is 3.42. The normalized spacial score (nSPS) is 30.2. The van der Waals surface area contributed by atoms with E-state index < -0.39 is 78.9 Å². The van der Waals surface area contributed by atoms with Crippen LogP contribution in [0.5, 0.6) is 0 Å². The summed E-state index contributed by atoms with van der Waals surface area (Å²) in [6.07, 6.45) is -12.8. The number of aliphatic hydroxyl groups excluding tert-OH is 1. The molecular weight excluding hydrogens is 488 g/mol. The first-order valence-corrected chi connectivity index (χ1v) is 11.7. The first-order valence-electron chi connectivity index (χ1n) is 6.20. The van der Waals surface area contributed by atoms with Crippen molar-refractivity contribution >= 4 is 41.6 Å². The van der Waals surface area contributed by atoms with Gasteiger partial charge in [-0.25, -0.2) is 16.7 Å². The molecule has 0 bridgehead atoms. The SMILES string of the molecule is O=S(=O)(O)OC[C@H]1O[C@@H](O)[C@@H](OS(=O)(=O)O)[C@@H](OS(=O)(=O)O)[C@@H]1OS(=O)(=O)O. The van der Waals surface area contributed by atoms with E-state index in [9.17, 15) is 38.8 Å². The van der Waals surface area contributed by atoms with Crippen LogP contribution in [0.1, 0.15) is 0 Å². The fraction of sp³-hybridized carbons (Fsp3) is 1.00. The van der Waals surface area contributed by atoms with Gasteiger partial charge >= 0.3 is 41.6 Å². The van der Waals surface area contributed by atoms with Gasteiger partial charge in [0.25, 0.3) is 0 Å². The highest BCUT2D eigenvalue weighted by Gasteiger charge is 2.53. The zero-order valence-electron chi connectivity index (χ0n) is 12.8. The Morgan fingerprint density at radius 2 is 1.04 bits per heavy atom. The van der Waals surface area contributed by atoms with Crippen LogP contribution in [0.4, 0.5) is 0 Å². The van der Waals surface area contributed by atoms with Crippen molar-refractivity contribution in [3.8, 4) is 0 Å². The van der Waals surface area contributed by atoms with Gasteiger partial charge in [-0.05, 0) is 0 Å². The third-order valence-corrected chi connectivity index (χ3v) is 4.52. The zero-order valence-corrected chi connectivity index (χ0v) is 16.0. The maximum Gasteiger partial charge on any atom is 0.397 e. The summed E-state index contributed by atoms with van der Waals surface area (Å²) in [6.45, 7) is -1.42. The summed E-state index contributed by atoms with van der Waals surface area (Å²) in [4.78, 5) is 0. The lowest BCUT2D eigenvalue weighted by Crippen LogP contribution is -2.62. The Hall–Kier alpha value is -0.600. The minimum absolute atomic E-state index is 1.42. The van der Waals surface area contributed by atoms with Gasteiger partial charge in [0, 0.05) is 0 Å². The van der Waals surface area contributed by atoms with Crippen molar-refractivity contribution in [3.05, 3.63) is 0 Å². The van der Waals surface area contributed by atoms with Crippen molar-refractivity contribution in [2.45, 2.75) is 30.7 Å². The highest BCUT2D eigenvalue weighted by molar-refractivity contribution is 7.81. The average molecular weight is 500 g/mol. The summed E-state index contributed by atoms with van der Waals surface area (Å²) in [5, 5.41) is 9.70. The Labute approximate surface area is 157 Å². The van der Waals surface area contributed by atoms with Crippen LogP contribution in [0.2, 0.25) is 0 Å². The highest BCUT2D eigenvalue weighted by Crippen LogP contribution is 2.30. The van der Waals surface area contributed by atoms with Crippen LogP contribution in [0, 0.1) is 0 Å². The molecule has 0 aromatic carbocycles. The summed E-state index contributed by atoms with van der Waals surface area (Å²) in [7, 11) is -21.8. The van der Waals surface area contributed by atoms with E-state index in [-0.39, 0.29) is 0 Å². The number of aliphatic hydroxyl groups is 1. The van der Waals surface area contributed by atoms with Crippen molar-refractivity contribution in [1.82, 2.24) is 0 Å². The van der Waals surface area contributed by atoms with Crippen LogP contribution in [-0.2, 0) is 63.1 Å². The van der Waals surface area contributed by atoms with E-state index in [2.05, 4.69) is 21.5 Å². The summed E-state index contributed by atoms with van der Waals surface area (Å²) in [6, 6.07) is 0. The Morgan fingerprint density at radius 3 is 1.43 bits per heavy atom. The third kappa shape index (κ3) is 9.27. The van der Waals surface area contributed by atoms with Crippen LogP contribution in [0.15, 0.2) is 0 Å². The fourth-order valence-electron chi connectivity index (χ4n) is 1.93. The van der Waals surface area contributed by atoms with E-state index in [1.54, 1.807) is 0 Å². The molecule has 0 spiro atoms. The molecule has 0 unspecified atom stereocenters. The number of ether oxygens (including phenoxy) is 1. The Bertz CT molecular complexity index is 959. The monoisotopic (exact) mass is 500 g/mol. The molecule has 0 radical (unpaired) electrons. The van der Waals surface area contributed by atoms with E-state index >= 15 is 0 Å². The van der Waals surface area contributed by atoms with Crippen LogP contribution in [0.3, 0.4) is 0 Å². The van der Waals surface area contributed by atoms with Crippen molar-refractivity contribution < 1.29 is 78.5 Å².